The van der Waals surface area contributed by atoms with Crippen molar-refractivity contribution in [3.8, 4) is 5.75 Å². The van der Waals surface area contributed by atoms with Gasteiger partial charge >= 0.3 is 5.97 Å². The molecular formula is C17H26O7. The Morgan fingerprint density at radius 3 is 1.75 bits per heavy atom. The summed E-state index contributed by atoms with van der Waals surface area (Å²) in [5, 5.41) is 29.3. The van der Waals surface area contributed by atoms with Crippen molar-refractivity contribution in [3.63, 3.8) is 0 Å². The van der Waals surface area contributed by atoms with Crippen molar-refractivity contribution in [2.45, 2.75) is 37.9 Å². The third kappa shape index (κ3) is 4.91. The molecule has 1 aromatic carbocycles. The Balaban J connectivity index is 0.000000221. The van der Waals surface area contributed by atoms with Crippen molar-refractivity contribution in [2.24, 2.45) is 11.8 Å². The molecule has 0 saturated heterocycles. The van der Waals surface area contributed by atoms with Crippen molar-refractivity contribution >= 4 is 5.97 Å². The molecule has 2 aliphatic carbocycles. The lowest BCUT2D eigenvalue weighted by Gasteiger charge is -2.18. The topological polar surface area (TPSA) is 116 Å². The van der Waals surface area contributed by atoms with Gasteiger partial charge < -0.3 is 19.7 Å². The maximum absolute atomic E-state index is 10.3. The minimum atomic E-state index is -1.11. The summed E-state index contributed by atoms with van der Waals surface area (Å²) >= 11 is 0. The molecule has 136 valence electrons. The number of aromatic carboxylic acids is 1. The lowest BCUT2D eigenvalue weighted by molar-refractivity contribution is -0.176. The predicted octanol–water partition coefficient (Wildman–Crippen LogP) is 2.94. The van der Waals surface area contributed by atoms with E-state index in [1.807, 2.05) is 14.2 Å². The Kier molecular flexibility index (Phi) is 8.70. The first-order valence-electron chi connectivity index (χ1n) is 7.85. The van der Waals surface area contributed by atoms with E-state index in [1.165, 1.54) is 37.8 Å². The third-order valence-corrected chi connectivity index (χ3v) is 4.81. The summed E-state index contributed by atoms with van der Waals surface area (Å²) in [6.07, 6.45) is 6.14. The van der Waals surface area contributed by atoms with Crippen LogP contribution in [-0.4, -0.2) is 53.1 Å². The molecule has 24 heavy (non-hydrogen) atoms. The molecule has 0 unspecified atom stereocenters. The summed E-state index contributed by atoms with van der Waals surface area (Å²) in [6, 6.07) is 5.81. The number of fused-ring (bicyclic) bond motifs is 1. The number of rotatable bonds is 3. The summed E-state index contributed by atoms with van der Waals surface area (Å²) in [6.45, 7) is 0. The molecule has 0 radical (unpaired) electrons. The molecule has 2 fully saturated rings. The molecule has 0 heterocycles. The van der Waals surface area contributed by atoms with E-state index >= 15 is 0 Å². The second-order valence-electron chi connectivity index (χ2n) is 5.85. The molecule has 4 atom stereocenters. The molecule has 3 rings (SSSR count). The zero-order valence-electron chi connectivity index (χ0n) is 14.0. The van der Waals surface area contributed by atoms with E-state index in [1.54, 1.807) is 12.1 Å². The highest BCUT2D eigenvalue weighted by Crippen LogP contribution is 2.46. The number of benzene rings is 1. The minimum absolute atomic E-state index is 0.0671. The molecule has 0 aliphatic heterocycles. The number of ether oxygens (including phenoxy) is 2. The number of aromatic hydroxyl groups is 1. The van der Waals surface area contributed by atoms with Crippen LogP contribution in [0.2, 0.25) is 0 Å². The number of carboxylic acid groups (broad SMARTS) is 1. The van der Waals surface area contributed by atoms with Gasteiger partial charge in [0.2, 0.25) is 0 Å². The first kappa shape index (κ1) is 20.4. The van der Waals surface area contributed by atoms with E-state index < -0.39 is 5.97 Å². The van der Waals surface area contributed by atoms with Crippen LogP contribution in [0.25, 0.3) is 0 Å². The zero-order chi connectivity index (χ0) is 18.1. The van der Waals surface area contributed by atoms with Crippen LogP contribution in [0.5, 0.6) is 5.75 Å². The van der Waals surface area contributed by atoms with Gasteiger partial charge in [-0.15, -0.1) is 0 Å². The molecule has 4 N–H and O–H groups in total. The van der Waals surface area contributed by atoms with E-state index in [9.17, 15) is 4.79 Å². The normalized spacial score (nSPS) is 27.3. The number of carboxylic acids is 1. The van der Waals surface area contributed by atoms with Crippen LogP contribution in [-0.2, 0) is 9.47 Å². The van der Waals surface area contributed by atoms with Crippen LogP contribution in [0.1, 0.15) is 36.0 Å². The highest BCUT2D eigenvalue weighted by Gasteiger charge is 2.45. The van der Waals surface area contributed by atoms with Crippen molar-refractivity contribution in [1.29, 1.82) is 0 Å². The Labute approximate surface area is 141 Å². The van der Waals surface area contributed by atoms with Gasteiger partial charge in [0.25, 0.3) is 0 Å². The van der Waals surface area contributed by atoms with Gasteiger partial charge in [-0.1, -0.05) is 12.1 Å². The Bertz CT molecular complexity index is 487. The van der Waals surface area contributed by atoms with Crippen LogP contribution in [0.4, 0.5) is 0 Å². The first-order valence-corrected chi connectivity index (χ1v) is 7.85. The fraction of sp³-hybridized carbons (Fsp3) is 0.588. The van der Waals surface area contributed by atoms with Gasteiger partial charge in [-0.2, -0.15) is 0 Å². The van der Waals surface area contributed by atoms with Crippen LogP contribution >= 0.6 is 0 Å². The highest BCUT2D eigenvalue weighted by atomic mass is 17.0. The monoisotopic (exact) mass is 342 g/mol. The Morgan fingerprint density at radius 1 is 0.958 bits per heavy atom. The Hall–Kier alpha value is -1.67. The molecule has 2 saturated carbocycles. The summed E-state index contributed by atoms with van der Waals surface area (Å²) < 4.78 is 10.9. The predicted molar refractivity (Wildman–Crippen MR) is 87.4 cm³/mol. The van der Waals surface area contributed by atoms with Gasteiger partial charge in [-0.25, -0.2) is 4.79 Å². The minimum Gasteiger partial charge on any atom is -0.507 e. The molecular weight excluding hydrogens is 316 g/mol. The van der Waals surface area contributed by atoms with Crippen molar-refractivity contribution in [1.82, 2.24) is 0 Å². The second kappa shape index (κ2) is 10.2. The van der Waals surface area contributed by atoms with Crippen molar-refractivity contribution in [3.05, 3.63) is 29.8 Å². The van der Waals surface area contributed by atoms with E-state index in [4.69, 9.17) is 30.2 Å². The number of phenols is 1. The SMILES string of the molecule is CO[C@H]1CC[C@H]2[C@@H]1CC[C@H]2OC.O=C(O)c1ccccc1O.OO. The maximum Gasteiger partial charge on any atom is 0.339 e. The zero-order valence-corrected chi connectivity index (χ0v) is 14.0. The maximum atomic E-state index is 10.3. The first-order chi connectivity index (χ1) is 11.6. The number of carbonyl (C=O) groups is 1. The van der Waals surface area contributed by atoms with E-state index in [-0.39, 0.29) is 11.3 Å². The fourth-order valence-corrected chi connectivity index (χ4v) is 3.73. The van der Waals surface area contributed by atoms with Gasteiger partial charge in [0.1, 0.15) is 11.3 Å². The van der Waals surface area contributed by atoms with Gasteiger partial charge in [0.05, 0.1) is 12.2 Å². The molecule has 1 aromatic rings. The van der Waals surface area contributed by atoms with Gasteiger partial charge in [-0.05, 0) is 49.7 Å². The standard InChI is InChI=1S/C10H18O2.C7H6O3.H2O2/c1-11-9-5-3-8-7(9)4-6-10(8)12-2;8-6-4-2-1-3-5(6)7(9)10;1-2/h7-10H,3-6H2,1-2H3;1-4,8H,(H,9,10);1-2H/t7-,8-,9-,10+;;/m0../s1. The van der Waals surface area contributed by atoms with Crippen LogP contribution < -0.4 is 0 Å². The van der Waals surface area contributed by atoms with Crippen LogP contribution in [0.3, 0.4) is 0 Å². The van der Waals surface area contributed by atoms with Crippen molar-refractivity contribution < 1.29 is 35.0 Å². The van der Waals surface area contributed by atoms with Crippen LogP contribution in [0.15, 0.2) is 24.3 Å². The van der Waals surface area contributed by atoms with Gasteiger partial charge in [0.15, 0.2) is 0 Å². The van der Waals surface area contributed by atoms with Crippen LogP contribution in [0, 0.1) is 11.8 Å². The smallest absolute Gasteiger partial charge is 0.339 e. The second-order valence-corrected chi connectivity index (χ2v) is 5.85. The summed E-state index contributed by atoms with van der Waals surface area (Å²) in [5.41, 5.74) is -0.0671. The molecule has 7 heteroatoms. The number of methoxy groups -OCH3 is 2. The quantitative estimate of drug-likeness (QED) is 0.493. The van der Waals surface area contributed by atoms with E-state index in [0.717, 1.165) is 11.8 Å². The molecule has 0 spiro atoms. The summed E-state index contributed by atoms with van der Waals surface area (Å²) in [4.78, 5) is 10.3. The van der Waals surface area contributed by atoms with Gasteiger partial charge in [0, 0.05) is 14.2 Å². The fourth-order valence-electron chi connectivity index (χ4n) is 3.73. The van der Waals surface area contributed by atoms with Gasteiger partial charge in [-0.3, -0.25) is 10.5 Å². The average Bonchev–Trinajstić information content (AvgIpc) is 3.18. The van der Waals surface area contributed by atoms with E-state index in [2.05, 4.69) is 0 Å². The lowest BCUT2D eigenvalue weighted by atomic mass is 9.98. The summed E-state index contributed by atoms with van der Waals surface area (Å²) in [5.74, 6) is 0.271. The third-order valence-electron chi connectivity index (χ3n) is 4.81. The number of hydrogen-bond donors (Lipinski definition) is 4. The molecule has 7 nitrogen and oxygen atoms in total. The summed E-state index contributed by atoms with van der Waals surface area (Å²) in [7, 11) is 3.68. The average molecular weight is 342 g/mol. The Morgan fingerprint density at radius 2 is 1.42 bits per heavy atom. The van der Waals surface area contributed by atoms with E-state index in [0.29, 0.717) is 12.2 Å². The molecule has 0 amide bonds. The number of para-hydroxylation sites is 1. The highest BCUT2D eigenvalue weighted by molar-refractivity contribution is 5.90. The molecule has 2 aliphatic rings. The lowest BCUT2D eigenvalue weighted by Crippen LogP contribution is -2.21. The van der Waals surface area contributed by atoms with Crippen molar-refractivity contribution in [2.75, 3.05) is 14.2 Å². The molecule has 0 aromatic heterocycles. The molecule has 0 bridgehead atoms. The number of hydrogen-bond acceptors (Lipinski definition) is 6. The largest absolute Gasteiger partial charge is 0.507 e.